The molecule has 29 heavy (non-hydrogen) atoms. The summed E-state index contributed by atoms with van der Waals surface area (Å²) in [6.45, 7) is 0. The molecule has 2 aromatic carbocycles. The van der Waals surface area contributed by atoms with E-state index in [9.17, 15) is 20.2 Å². The highest BCUT2D eigenvalue weighted by molar-refractivity contribution is 5.56. The molecule has 0 saturated carbocycles. The summed E-state index contributed by atoms with van der Waals surface area (Å²) in [5.74, 6) is 0.838. The van der Waals surface area contributed by atoms with Crippen LogP contribution in [0.4, 0.5) is 11.4 Å². The monoisotopic (exact) mass is 394 g/mol. The molecular weight excluding hydrogens is 384 g/mol. The molecule has 0 aliphatic carbocycles. The van der Waals surface area contributed by atoms with Gasteiger partial charge in [-0.2, -0.15) is 0 Å². The van der Waals surface area contributed by atoms with Crippen LogP contribution in [0.3, 0.4) is 0 Å². The predicted molar refractivity (Wildman–Crippen MR) is 95.6 cm³/mol. The van der Waals surface area contributed by atoms with Crippen molar-refractivity contribution in [3.63, 3.8) is 0 Å². The van der Waals surface area contributed by atoms with Gasteiger partial charge in [0.05, 0.1) is 9.85 Å². The van der Waals surface area contributed by atoms with E-state index in [1.165, 1.54) is 48.5 Å². The van der Waals surface area contributed by atoms with Gasteiger partial charge in [-0.1, -0.05) is 0 Å². The lowest BCUT2D eigenvalue weighted by Gasteiger charge is -1.95. The number of hydrogen-bond donors (Lipinski definition) is 0. The van der Waals surface area contributed by atoms with Crippen LogP contribution in [0.1, 0.15) is 11.8 Å². The van der Waals surface area contributed by atoms with Crippen LogP contribution < -0.4 is 0 Å². The van der Waals surface area contributed by atoms with Crippen LogP contribution in [0, 0.1) is 20.2 Å². The smallest absolute Gasteiger partial charge is 0.269 e. The SMILES string of the molecule is O=[N+]([O-])c1ccc(-c2nnc(Cc3nnc(-c4ccc([N+](=O)[O-])cc4)o3)o2)cc1. The molecule has 0 saturated heterocycles. The second-order valence-electron chi connectivity index (χ2n) is 5.79. The van der Waals surface area contributed by atoms with E-state index in [2.05, 4.69) is 20.4 Å². The van der Waals surface area contributed by atoms with Crippen molar-refractivity contribution < 1.29 is 18.7 Å². The highest BCUT2D eigenvalue weighted by atomic mass is 16.6. The summed E-state index contributed by atoms with van der Waals surface area (Å²) in [5, 5.41) is 37.0. The van der Waals surface area contributed by atoms with Crippen LogP contribution in [0.15, 0.2) is 57.4 Å². The van der Waals surface area contributed by atoms with Gasteiger partial charge in [0.1, 0.15) is 6.42 Å². The number of non-ortho nitro benzene ring substituents is 2. The Hall–Kier alpha value is -4.48. The lowest BCUT2D eigenvalue weighted by atomic mass is 10.2. The van der Waals surface area contributed by atoms with Crippen molar-refractivity contribution >= 4 is 11.4 Å². The van der Waals surface area contributed by atoms with E-state index in [0.29, 0.717) is 11.1 Å². The molecule has 0 bridgehead atoms. The lowest BCUT2D eigenvalue weighted by Crippen LogP contribution is -1.88. The zero-order valence-corrected chi connectivity index (χ0v) is 14.5. The van der Waals surface area contributed by atoms with E-state index in [1.54, 1.807) is 0 Å². The van der Waals surface area contributed by atoms with Crippen LogP contribution in [0.25, 0.3) is 22.9 Å². The molecule has 0 N–H and O–H groups in total. The van der Waals surface area contributed by atoms with Gasteiger partial charge in [0.2, 0.25) is 23.6 Å². The van der Waals surface area contributed by atoms with Gasteiger partial charge in [-0.3, -0.25) is 20.2 Å². The minimum absolute atomic E-state index is 0.0434. The Morgan fingerprint density at radius 2 is 1.03 bits per heavy atom. The van der Waals surface area contributed by atoms with E-state index in [0.717, 1.165) is 0 Å². The first-order valence-electron chi connectivity index (χ1n) is 8.14. The first kappa shape index (κ1) is 17.9. The molecule has 0 aliphatic rings. The number of nitrogens with zero attached hydrogens (tertiary/aromatic N) is 6. The number of aromatic nitrogens is 4. The third-order valence-electron chi connectivity index (χ3n) is 3.89. The van der Waals surface area contributed by atoms with Gasteiger partial charge in [0.25, 0.3) is 11.4 Å². The fourth-order valence-electron chi connectivity index (χ4n) is 2.46. The minimum atomic E-state index is -0.499. The van der Waals surface area contributed by atoms with Gasteiger partial charge in [-0.05, 0) is 24.3 Å². The Labute approximate surface area is 161 Å². The number of hydrogen-bond acceptors (Lipinski definition) is 10. The molecule has 0 unspecified atom stereocenters. The Bertz CT molecular complexity index is 1090. The first-order chi connectivity index (χ1) is 14.0. The topological polar surface area (TPSA) is 164 Å². The molecule has 12 nitrogen and oxygen atoms in total. The molecule has 144 valence electrons. The largest absolute Gasteiger partial charge is 0.420 e. The number of benzene rings is 2. The molecule has 0 radical (unpaired) electrons. The molecule has 2 aromatic heterocycles. The van der Waals surface area contributed by atoms with Crippen LogP contribution in [-0.2, 0) is 6.42 Å². The molecule has 12 heteroatoms. The van der Waals surface area contributed by atoms with E-state index in [-0.39, 0.29) is 41.4 Å². The maximum absolute atomic E-state index is 10.7. The van der Waals surface area contributed by atoms with Gasteiger partial charge in [-0.25, -0.2) is 0 Å². The van der Waals surface area contributed by atoms with Crippen molar-refractivity contribution in [3.05, 3.63) is 80.5 Å². The second-order valence-corrected chi connectivity index (χ2v) is 5.79. The summed E-state index contributed by atoms with van der Waals surface area (Å²) in [6, 6.07) is 11.4. The van der Waals surface area contributed by atoms with Crippen LogP contribution in [0.2, 0.25) is 0 Å². The van der Waals surface area contributed by atoms with Gasteiger partial charge >= 0.3 is 0 Å². The van der Waals surface area contributed by atoms with Crippen LogP contribution in [0.5, 0.6) is 0 Å². The van der Waals surface area contributed by atoms with Gasteiger partial charge in [0.15, 0.2) is 0 Å². The van der Waals surface area contributed by atoms with Crippen LogP contribution >= 0.6 is 0 Å². The van der Waals surface area contributed by atoms with Crippen molar-refractivity contribution in [3.8, 4) is 22.9 Å². The highest BCUT2D eigenvalue weighted by Gasteiger charge is 2.16. The van der Waals surface area contributed by atoms with E-state index < -0.39 is 9.85 Å². The fraction of sp³-hybridized carbons (Fsp3) is 0.0588. The summed E-state index contributed by atoms with van der Waals surface area (Å²) in [7, 11) is 0. The second kappa shape index (κ2) is 7.26. The molecule has 0 atom stereocenters. The third-order valence-corrected chi connectivity index (χ3v) is 3.89. The maximum atomic E-state index is 10.7. The molecule has 0 amide bonds. The molecule has 0 aliphatic heterocycles. The van der Waals surface area contributed by atoms with Gasteiger partial charge in [-0.15, -0.1) is 20.4 Å². The average Bonchev–Trinajstić information content (AvgIpc) is 3.38. The quantitative estimate of drug-likeness (QED) is 0.350. The number of nitro groups is 2. The third kappa shape index (κ3) is 3.80. The van der Waals surface area contributed by atoms with Crippen molar-refractivity contribution in [1.82, 2.24) is 20.4 Å². The Balaban J connectivity index is 1.48. The summed E-state index contributed by atoms with van der Waals surface area (Å²) < 4.78 is 11.1. The summed E-state index contributed by atoms with van der Waals surface area (Å²) in [4.78, 5) is 20.4. The molecular formula is C17H10N6O6. The first-order valence-corrected chi connectivity index (χ1v) is 8.14. The van der Waals surface area contributed by atoms with Crippen molar-refractivity contribution in [1.29, 1.82) is 0 Å². The van der Waals surface area contributed by atoms with Crippen molar-refractivity contribution in [2.24, 2.45) is 0 Å². The summed E-state index contributed by atoms with van der Waals surface area (Å²) >= 11 is 0. The molecule has 0 spiro atoms. The molecule has 2 heterocycles. The minimum Gasteiger partial charge on any atom is -0.420 e. The van der Waals surface area contributed by atoms with Crippen LogP contribution in [-0.4, -0.2) is 30.2 Å². The lowest BCUT2D eigenvalue weighted by molar-refractivity contribution is -0.385. The Morgan fingerprint density at radius 3 is 1.38 bits per heavy atom. The van der Waals surface area contributed by atoms with Crippen molar-refractivity contribution in [2.75, 3.05) is 0 Å². The standard InChI is InChI=1S/C17H10N6O6/c24-22(25)12-5-1-10(2-6-12)16-20-18-14(28-16)9-15-19-21-17(29-15)11-3-7-13(8-4-11)23(26)27/h1-8H,9H2. The Morgan fingerprint density at radius 1 is 0.655 bits per heavy atom. The molecule has 4 aromatic rings. The summed E-state index contributed by atoms with van der Waals surface area (Å²) in [6.07, 6.45) is 0.0833. The summed E-state index contributed by atoms with van der Waals surface area (Å²) in [5.41, 5.74) is 0.981. The predicted octanol–water partition coefficient (Wildman–Crippen LogP) is 3.19. The van der Waals surface area contributed by atoms with Crippen molar-refractivity contribution in [2.45, 2.75) is 6.42 Å². The molecule has 0 fully saturated rings. The van der Waals surface area contributed by atoms with E-state index in [1.807, 2.05) is 0 Å². The zero-order chi connectivity index (χ0) is 20.4. The van der Waals surface area contributed by atoms with Gasteiger partial charge < -0.3 is 8.83 Å². The highest BCUT2D eigenvalue weighted by Crippen LogP contribution is 2.24. The van der Waals surface area contributed by atoms with E-state index >= 15 is 0 Å². The maximum Gasteiger partial charge on any atom is 0.269 e. The number of nitro benzene ring substituents is 2. The zero-order valence-electron chi connectivity index (χ0n) is 14.5. The normalized spacial score (nSPS) is 10.8. The Kier molecular flexibility index (Phi) is 4.49. The number of rotatable bonds is 6. The molecule has 4 rings (SSSR count). The average molecular weight is 394 g/mol. The fourth-order valence-corrected chi connectivity index (χ4v) is 2.46. The van der Waals surface area contributed by atoms with E-state index in [4.69, 9.17) is 8.83 Å². The van der Waals surface area contributed by atoms with Gasteiger partial charge in [0, 0.05) is 35.4 Å².